The molecule has 1 heterocycles. The van der Waals surface area contributed by atoms with Crippen LogP contribution in [0.3, 0.4) is 0 Å². The maximum Gasteiger partial charge on any atom is 0.184 e. The Balaban J connectivity index is 2.72. The lowest BCUT2D eigenvalue weighted by Crippen LogP contribution is -2.25. The van der Waals surface area contributed by atoms with Gasteiger partial charge in [0.05, 0.1) is 16.3 Å². The van der Waals surface area contributed by atoms with Gasteiger partial charge in [-0.3, -0.25) is 5.43 Å². The van der Waals surface area contributed by atoms with Crippen LogP contribution < -0.4 is 11.2 Å². The average molecular weight is 214 g/mol. The molecule has 0 aliphatic carbocycles. The molecule has 4 nitrogen and oxygen atoms in total. The van der Waals surface area contributed by atoms with Gasteiger partial charge in [0.25, 0.3) is 0 Å². The van der Waals surface area contributed by atoms with Crippen molar-refractivity contribution in [2.24, 2.45) is 10.8 Å². The topological polar surface area (TPSA) is 63.3 Å². The molecule has 0 saturated carbocycles. The van der Waals surface area contributed by atoms with Crippen LogP contribution in [0.4, 0.5) is 0 Å². The number of nitrogens with zero attached hydrogens (tertiary/aromatic N) is 2. The third-order valence-corrected chi connectivity index (χ3v) is 2.40. The fraction of sp³-hybridized carbons (Fsp3) is 0.286. The highest BCUT2D eigenvalue weighted by molar-refractivity contribution is 7.80. The van der Waals surface area contributed by atoms with Gasteiger partial charge in [0.15, 0.2) is 5.11 Å². The van der Waals surface area contributed by atoms with Crippen molar-refractivity contribution in [3.63, 3.8) is 0 Å². The summed E-state index contributed by atoms with van der Waals surface area (Å²) in [5, 5.41) is 4.15. The highest BCUT2D eigenvalue weighted by Gasteiger charge is 2.01. The van der Waals surface area contributed by atoms with Crippen LogP contribution >= 0.6 is 23.8 Å². The van der Waals surface area contributed by atoms with E-state index in [0.717, 1.165) is 16.3 Å². The molecular weight excluding hydrogens is 204 g/mol. The van der Waals surface area contributed by atoms with Gasteiger partial charge in [-0.05, 0) is 43.7 Å². The quantitative estimate of drug-likeness (QED) is 0.438. The van der Waals surface area contributed by atoms with Gasteiger partial charge in [0, 0.05) is 0 Å². The van der Waals surface area contributed by atoms with Crippen LogP contribution in [0.5, 0.6) is 0 Å². The van der Waals surface area contributed by atoms with E-state index >= 15 is 0 Å². The van der Waals surface area contributed by atoms with Crippen LogP contribution in [0.1, 0.15) is 17.5 Å². The molecule has 0 spiro atoms. The number of aromatic nitrogens is 1. The van der Waals surface area contributed by atoms with Crippen LogP contribution in [0, 0.1) is 6.92 Å². The standard InChI is InChI=1S/C7H10N4S2/c1-4-3-6(13-11-4)5(2)9-10-7(8)12/h3H,1-2H3,(H3,8,10,12)/b9-5-. The van der Waals surface area contributed by atoms with Gasteiger partial charge in [0.1, 0.15) is 0 Å². The number of hydrogen-bond acceptors (Lipinski definition) is 4. The minimum Gasteiger partial charge on any atom is -0.375 e. The number of nitrogens with one attached hydrogen (secondary N) is 1. The van der Waals surface area contributed by atoms with Gasteiger partial charge in [-0.2, -0.15) is 9.47 Å². The zero-order valence-electron chi connectivity index (χ0n) is 7.37. The summed E-state index contributed by atoms with van der Waals surface area (Å²) in [6, 6.07) is 1.96. The van der Waals surface area contributed by atoms with Crippen LogP contribution in [-0.4, -0.2) is 15.2 Å². The SMILES string of the molecule is C/C(=N/NC(N)=S)c1cc(C)ns1. The molecule has 0 fully saturated rings. The van der Waals surface area contributed by atoms with E-state index in [1.54, 1.807) is 0 Å². The Morgan fingerprint density at radius 3 is 2.92 bits per heavy atom. The molecule has 1 rings (SSSR count). The average Bonchev–Trinajstić information content (AvgIpc) is 2.47. The molecule has 0 radical (unpaired) electrons. The van der Waals surface area contributed by atoms with E-state index in [-0.39, 0.29) is 5.11 Å². The first-order chi connectivity index (χ1) is 6.09. The minimum atomic E-state index is 0.167. The fourth-order valence-corrected chi connectivity index (χ4v) is 1.47. The molecule has 70 valence electrons. The van der Waals surface area contributed by atoms with Gasteiger partial charge in [-0.1, -0.05) is 0 Å². The summed E-state index contributed by atoms with van der Waals surface area (Å²) in [6.45, 7) is 3.81. The Morgan fingerprint density at radius 2 is 2.46 bits per heavy atom. The Bertz CT molecular complexity index is 342. The normalized spacial score (nSPS) is 11.4. The van der Waals surface area contributed by atoms with Crippen molar-refractivity contribution in [1.82, 2.24) is 9.80 Å². The predicted molar refractivity (Wildman–Crippen MR) is 59.0 cm³/mol. The van der Waals surface area contributed by atoms with E-state index in [0.29, 0.717) is 0 Å². The largest absolute Gasteiger partial charge is 0.375 e. The molecule has 0 amide bonds. The molecule has 3 N–H and O–H groups in total. The molecule has 6 heteroatoms. The van der Waals surface area contributed by atoms with E-state index in [2.05, 4.69) is 27.1 Å². The second-order valence-electron chi connectivity index (χ2n) is 2.51. The predicted octanol–water partition coefficient (Wildman–Crippen LogP) is 1.01. The number of nitrogens with two attached hydrogens (primary N) is 1. The Hall–Kier alpha value is -1.01. The number of hydrogen-bond donors (Lipinski definition) is 2. The highest BCUT2D eigenvalue weighted by atomic mass is 32.1. The van der Waals surface area contributed by atoms with Crippen molar-refractivity contribution in [3.8, 4) is 0 Å². The first kappa shape index (κ1) is 10.1. The second-order valence-corrected chi connectivity index (χ2v) is 3.75. The van der Waals surface area contributed by atoms with E-state index in [1.807, 2.05) is 19.9 Å². The van der Waals surface area contributed by atoms with Gasteiger partial charge < -0.3 is 5.73 Å². The van der Waals surface area contributed by atoms with Crippen molar-refractivity contribution in [2.75, 3.05) is 0 Å². The summed E-state index contributed by atoms with van der Waals surface area (Å²) in [5.41, 5.74) is 9.58. The van der Waals surface area contributed by atoms with E-state index in [1.165, 1.54) is 11.5 Å². The van der Waals surface area contributed by atoms with Crippen LogP contribution in [-0.2, 0) is 0 Å². The molecule has 13 heavy (non-hydrogen) atoms. The maximum absolute atomic E-state index is 5.23. The zero-order chi connectivity index (χ0) is 9.84. The number of aryl methyl sites for hydroxylation is 1. The molecule has 0 aromatic carbocycles. The number of thiocarbonyl (C=S) groups is 1. The Morgan fingerprint density at radius 1 is 1.77 bits per heavy atom. The fourth-order valence-electron chi connectivity index (χ4n) is 0.728. The Labute approximate surface area is 86.0 Å². The zero-order valence-corrected chi connectivity index (χ0v) is 9.00. The molecular formula is C7H10N4S2. The first-order valence-electron chi connectivity index (χ1n) is 3.63. The van der Waals surface area contributed by atoms with Gasteiger partial charge >= 0.3 is 0 Å². The van der Waals surface area contributed by atoms with Gasteiger partial charge in [-0.25, -0.2) is 0 Å². The summed E-state index contributed by atoms with van der Waals surface area (Å²) >= 11 is 6.02. The summed E-state index contributed by atoms with van der Waals surface area (Å²) in [7, 11) is 0. The molecule has 0 aliphatic heterocycles. The minimum absolute atomic E-state index is 0.167. The van der Waals surface area contributed by atoms with Crippen molar-refractivity contribution >= 4 is 34.6 Å². The molecule has 0 atom stereocenters. The number of hydrazone groups is 1. The first-order valence-corrected chi connectivity index (χ1v) is 4.81. The summed E-state index contributed by atoms with van der Waals surface area (Å²) in [5.74, 6) is 0. The molecule has 1 aromatic rings. The second kappa shape index (κ2) is 4.29. The smallest absolute Gasteiger partial charge is 0.184 e. The summed E-state index contributed by atoms with van der Waals surface area (Å²) < 4.78 is 4.13. The summed E-state index contributed by atoms with van der Waals surface area (Å²) in [6.07, 6.45) is 0. The van der Waals surface area contributed by atoms with Crippen LogP contribution in [0.25, 0.3) is 0 Å². The number of rotatable bonds is 2. The monoisotopic (exact) mass is 214 g/mol. The Kier molecular flexibility index (Phi) is 3.32. The van der Waals surface area contributed by atoms with Crippen molar-refractivity contribution < 1.29 is 0 Å². The maximum atomic E-state index is 5.23. The molecule has 0 aliphatic rings. The highest BCUT2D eigenvalue weighted by Crippen LogP contribution is 2.09. The summed E-state index contributed by atoms with van der Waals surface area (Å²) in [4.78, 5) is 1.02. The molecule has 0 unspecified atom stereocenters. The molecule has 1 aromatic heterocycles. The lowest BCUT2D eigenvalue weighted by atomic mass is 10.3. The van der Waals surface area contributed by atoms with Crippen LogP contribution in [0.15, 0.2) is 11.2 Å². The lowest BCUT2D eigenvalue weighted by molar-refractivity contribution is 1.03. The van der Waals surface area contributed by atoms with E-state index in [9.17, 15) is 0 Å². The van der Waals surface area contributed by atoms with Crippen LogP contribution in [0.2, 0.25) is 0 Å². The van der Waals surface area contributed by atoms with Gasteiger partial charge in [-0.15, -0.1) is 0 Å². The van der Waals surface area contributed by atoms with Crippen molar-refractivity contribution in [1.29, 1.82) is 0 Å². The molecule has 0 saturated heterocycles. The molecule has 0 bridgehead atoms. The third-order valence-electron chi connectivity index (χ3n) is 1.32. The third kappa shape index (κ3) is 3.08. The van der Waals surface area contributed by atoms with E-state index < -0.39 is 0 Å². The van der Waals surface area contributed by atoms with Crippen molar-refractivity contribution in [3.05, 3.63) is 16.6 Å². The lowest BCUT2D eigenvalue weighted by Gasteiger charge is -1.96. The van der Waals surface area contributed by atoms with E-state index in [4.69, 9.17) is 5.73 Å². The van der Waals surface area contributed by atoms with Crippen molar-refractivity contribution in [2.45, 2.75) is 13.8 Å². The van der Waals surface area contributed by atoms with Gasteiger partial charge in [0.2, 0.25) is 0 Å².